The van der Waals surface area contributed by atoms with Crippen molar-refractivity contribution in [3.05, 3.63) is 65.2 Å². The van der Waals surface area contributed by atoms with Crippen LogP contribution in [0.2, 0.25) is 0 Å². The number of carbonyl (C=O) groups excluding carboxylic acids is 1. The number of benzene rings is 1. The van der Waals surface area contributed by atoms with Crippen LogP contribution in [0.1, 0.15) is 21.5 Å². The molecule has 0 spiro atoms. The molecule has 0 radical (unpaired) electrons. The Balaban J connectivity index is 2.14. The van der Waals surface area contributed by atoms with Crippen LogP contribution in [0.3, 0.4) is 0 Å². The van der Waals surface area contributed by atoms with E-state index in [0.717, 1.165) is 6.07 Å². The van der Waals surface area contributed by atoms with Crippen molar-refractivity contribution in [2.45, 2.75) is 12.7 Å². The van der Waals surface area contributed by atoms with Gasteiger partial charge < -0.3 is 5.32 Å². The van der Waals surface area contributed by atoms with Gasteiger partial charge in [-0.05, 0) is 23.8 Å². The largest absolute Gasteiger partial charge is 0.416 e. The van der Waals surface area contributed by atoms with Crippen LogP contribution in [-0.4, -0.2) is 10.9 Å². The molecule has 0 aliphatic carbocycles. The van der Waals surface area contributed by atoms with Crippen LogP contribution in [0, 0.1) is 5.95 Å². The highest BCUT2D eigenvalue weighted by Gasteiger charge is 2.32. The van der Waals surface area contributed by atoms with Crippen molar-refractivity contribution in [2.75, 3.05) is 0 Å². The van der Waals surface area contributed by atoms with E-state index >= 15 is 0 Å². The van der Waals surface area contributed by atoms with Crippen molar-refractivity contribution < 1.29 is 22.4 Å². The van der Waals surface area contributed by atoms with Crippen molar-refractivity contribution >= 4 is 5.91 Å². The maximum Gasteiger partial charge on any atom is 0.416 e. The minimum Gasteiger partial charge on any atom is -0.348 e. The molecule has 2 rings (SSSR count). The molecule has 0 atom stereocenters. The quantitative estimate of drug-likeness (QED) is 0.698. The molecule has 0 saturated carbocycles. The van der Waals surface area contributed by atoms with E-state index in [1.807, 2.05) is 0 Å². The molecule has 1 amide bonds. The highest BCUT2D eigenvalue weighted by atomic mass is 19.4. The third-order valence-electron chi connectivity index (χ3n) is 2.77. The predicted molar refractivity (Wildman–Crippen MR) is 66.8 cm³/mol. The van der Waals surface area contributed by atoms with Crippen molar-refractivity contribution in [3.63, 3.8) is 0 Å². The zero-order valence-corrected chi connectivity index (χ0v) is 10.6. The number of pyridine rings is 1. The molecule has 0 aliphatic heterocycles. The van der Waals surface area contributed by atoms with E-state index in [9.17, 15) is 22.4 Å². The van der Waals surface area contributed by atoms with Gasteiger partial charge in [-0.2, -0.15) is 17.6 Å². The van der Waals surface area contributed by atoms with Gasteiger partial charge in [0.05, 0.1) is 11.1 Å². The summed E-state index contributed by atoms with van der Waals surface area (Å²) in [6.07, 6.45) is -3.34. The third-order valence-corrected chi connectivity index (χ3v) is 2.77. The molecule has 0 unspecified atom stereocenters. The van der Waals surface area contributed by atoms with Crippen LogP contribution in [0.4, 0.5) is 17.6 Å². The number of nitrogens with zero attached hydrogens (tertiary/aromatic N) is 1. The second-order valence-corrected chi connectivity index (χ2v) is 4.18. The smallest absolute Gasteiger partial charge is 0.348 e. The Hall–Kier alpha value is -2.44. The number of hydrogen-bond acceptors (Lipinski definition) is 2. The minimum absolute atomic E-state index is 0.0948. The molecule has 7 heteroatoms. The third kappa shape index (κ3) is 3.56. The lowest BCUT2D eigenvalue weighted by Crippen LogP contribution is -2.25. The first kappa shape index (κ1) is 15.0. The number of rotatable bonds is 3. The molecule has 1 aromatic carbocycles. The molecule has 0 bridgehead atoms. The van der Waals surface area contributed by atoms with Gasteiger partial charge in [0, 0.05) is 12.7 Å². The Morgan fingerprint density at radius 3 is 2.52 bits per heavy atom. The first-order chi connectivity index (χ1) is 9.89. The standard InChI is InChI=1S/C14H10F4N2O/c15-12-10(5-3-7-19-12)13(21)20-8-9-4-1-2-6-11(9)14(16,17)18/h1-7H,8H2,(H,20,21). The van der Waals surface area contributed by atoms with E-state index in [4.69, 9.17) is 0 Å². The summed E-state index contributed by atoms with van der Waals surface area (Å²) >= 11 is 0. The molecule has 2 aromatic rings. The van der Waals surface area contributed by atoms with Crippen LogP contribution in [0.15, 0.2) is 42.6 Å². The average Bonchev–Trinajstić information content (AvgIpc) is 2.44. The maximum atomic E-state index is 13.3. The van der Waals surface area contributed by atoms with Gasteiger partial charge in [-0.15, -0.1) is 0 Å². The van der Waals surface area contributed by atoms with Gasteiger partial charge in [-0.25, -0.2) is 4.98 Å². The number of hydrogen-bond donors (Lipinski definition) is 1. The maximum absolute atomic E-state index is 13.3. The van der Waals surface area contributed by atoms with E-state index in [1.165, 1.54) is 36.5 Å². The molecule has 1 aromatic heterocycles. The molecular formula is C14H10F4N2O. The summed E-state index contributed by atoms with van der Waals surface area (Å²) in [4.78, 5) is 15.0. The summed E-state index contributed by atoms with van der Waals surface area (Å²) in [6.45, 7) is -0.358. The summed E-state index contributed by atoms with van der Waals surface area (Å²) in [5.74, 6) is -1.79. The Bertz CT molecular complexity index is 655. The fraction of sp³-hybridized carbons (Fsp3) is 0.143. The molecule has 0 aliphatic rings. The van der Waals surface area contributed by atoms with E-state index < -0.39 is 23.6 Å². The van der Waals surface area contributed by atoms with Gasteiger partial charge in [0.1, 0.15) is 0 Å². The van der Waals surface area contributed by atoms with Gasteiger partial charge in [-0.1, -0.05) is 18.2 Å². The normalized spacial score (nSPS) is 11.2. The van der Waals surface area contributed by atoms with Crippen LogP contribution >= 0.6 is 0 Å². The molecular weight excluding hydrogens is 288 g/mol. The highest BCUT2D eigenvalue weighted by molar-refractivity contribution is 5.94. The van der Waals surface area contributed by atoms with Gasteiger partial charge in [0.2, 0.25) is 5.95 Å². The number of amides is 1. The number of carbonyl (C=O) groups is 1. The molecule has 110 valence electrons. The van der Waals surface area contributed by atoms with Crippen LogP contribution in [0.5, 0.6) is 0 Å². The average molecular weight is 298 g/mol. The Morgan fingerprint density at radius 1 is 1.14 bits per heavy atom. The number of nitrogens with one attached hydrogen (secondary N) is 1. The molecule has 1 N–H and O–H groups in total. The van der Waals surface area contributed by atoms with Gasteiger partial charge in [0.25, 0.3) is 5.91 Å². The van der Waals surface area contributed by atoms with Crippen molar-refractivity contribution in [2.24, 2.45) is 0 Å². The summed E-state index contributed by atoms with van der Waals surface area (Å²) < 4.78 is 51.6. The lowest BCUT2D eigenvalue weighted by atomic mass is 10.1. The van der Waals surface area contributed by atoms with Crippen LogP contribution in [0.25, 0.3) is 0 Å². The van der Waals surface area contributed by atoms with E-state index in [-0.39, 0.29) is 17.7 Å². The lowest BCUT2D eigenvalue weighted by molar-refractivity contribution is -0.138. The number of aromatic nitrogens is 1. The van der Waals surface area contributed by atoms with Crippen LogP contribution < -0.4 is 5.32 Å². The van der Waals surface area contributed by atoms with E-state index in [1.54, 1.807) is 0 Å². The fourth-order valence-electron chi connectivity index (χ4n) is 1.78. The minimum atomic E-state index is -4.51. The summed E-state index contributed by atoms with van der Waals surface area (Å²) in [5.41, 5.74) is -1.25. The number of halogens is 4. The molecule has 3 nitrogen and oxygen atoms in total. The second kappa shape index (κ2) is 5.90. The fourth-order valence-corrected chi connectivity index (χ4v) is 1.78. The first-order valence-corrected chi connectivity index (χ1v) is 5.93. The molecule has 1 heterocycles. The lowest BCUT2D eigenvalue weighted by Gasteiger charge is -2.13. The predicted octanol–water partition coefficient (Wildman–Crippen LogP) is 3.17. The summed E-state index contributed by atoms with van der Waals surface area (Å²) in [5, 5.41) is 2.25. The molecule has 0 fully saturated rings. The number of alkyl halides is 3. The van der Waals surface area contributed by atoms with E-state index in [0.29, 0.717) is 0 Å². The summed E-state index contributed by atoms with van der Waals surface area (Å²) in [6, 6.07) is 7.43. The van der Waals surface area contributed by atoms with Crippen molar-refractivity contribution in [1.29, 1.82) is 0 Å². The highest BCUT2D eigenvalue weighted by Crippen LogP contribution is 2.31. The second-order valence-electron chi connectivity index (χ2n) is 4.18. The SMILES string of the molecule is O=C(NCc1ccccc1C(F)(F)F)c1cccnc1F. The monoisotopic (exact) mass is 298 g/mol. The molecule has 0 saturated heterocycles. The van der Waals surface area contributed by atoms with Crippen molar-refractivity contribution in [3.8, 4) is 0 Å². The first-order valence-electron chi connectivity index (χ1n) is 5.93. The molecule has 21 heavy (non-hydrogen) atoms. The zero-order valence-electron chi connectivity index (χ0n) is 10.6. The Morgan fingerprint density at radius 2 is 1.86 bits per heavy atom. The Kier molecular flexibility index (Phi) is 4.21. The summed E-state index contributed by atoms with van der Waals surface area (Å²) in [7, 11) is 0. The van der Waals surface area contributed by atoms with Crippen LogP contribution in [-0.2, 0) is 12.7 Å². The zero-order chi connectivity index (χ0) is 15.5. The topological polar surface area (TPSA) is 42.0 Å². The van der Waals surface area contributed by atoms with Gasteiger partial charge >= 0.3 is 6.18 Å². The Labute approximate surface area is 117 Å². The van der Waals surface area contributed by atoms with Crippen molar-refractivity contribution in [1.82, 2.24) is 10.3 Å². The van der Waals surface area contributed by atoms with E-state index in [2.05, 4.69) is 10.3 Å². The van der Waals surface area contributed by atoms with Gasteiger partial charge in [-0.3, -0.25) is 4.79 Å². The van der Waals surface area contributed by atoms with Gasteiger partial charge in [0.15, 0.2) is 0 Å².